The van der Waals surface area contributed by atoms with Gasteiger partial charge in [0.1, 0.15) is 11.4 Å². The van der Waals surface area contributed by atoms with Crippen LogP contribution in [0.15, 0.2) is 54.9 Å². The summed E-state index contributed by atoms with van der Waals surface area (Å²) in [5.74, 6) is -0.767. The molecule has 2 heterocycles. The Hall–Kier alpha value is -2.86. The van der Waals surface area contributed by atoms with Crippen molar-refractivity contribution in [2.24, 2.45) is 17.8 Å². The molecular formula is C29H38N2O4. The van der Waals surface area contributed by atoms with Crippen LogP contribution < -0.4 is 5.32 Å². The van der Waals surface area contributed by atoms with Gasteiger partial charge in [0.05, 0.1) is 12.6 Å². The highest BCUT2D eigenvalue weighted by Crippen LogP contribution is 2.30. The van der Waals surface area contributed by atoms with Gasteiger partial charge in [0, 0.05) is 30.7 Å². The van der Waals surface area contributed by atoms with Crippen molar-refractivity contribution in [3.63, 3.8) is 0 Å². The third-order valence-electron chi connectivity index (χ3n) is 6.75. The Balaban J connectivity index is 1.69. The second-order valence-corrected chi connectivity index (χ2v) is 10.4. The normalized spacial score (nSPS) is 19.6. The molecule has 1 N–H and O–H groups in total. The molecule has 6 nitrogen and oxygen atoms in total. The Morgan fingerprint density at radius 1 is 1.03 bits per heavy atom. The van der Waals surface area contributed by atoms with Crippen LogP contribution in [0.1, 0.15) is 58.1 Å². The number of aromatic nitrogens is 1. The highest BCUT2D eigenvalue weighted by Gasteiger charge is 2.50. The topological polar surface area (TPSA) is 88.7 Å². The van der Waals surface area contributed by atoms with E-state index < -0.39 is 17.6 Å². The molecular weight excluding hydrogens is 440 g/mol. The monoisotopic (exact) mass is 478 g/mol. The third-order valence-corrected chi connectivity index (χ3v) is 6.75. The molecule has 0 radical (unpaired) electrons. The lowest BCUT2D eigenvalue weighted by Gasteiger charge is -2.25. The largest absolute Gasteiger partial charge is 0.361 e. The number of Topliss-reactive ketones (excluding diaryl/α,β-unsaturated/α-hetero) is 2. The van der Waals surface area contributed by atoms with E-state index in [2.05, 4.69) is 22.4 Å². The number of hydrogen-bond acceptors (Lipinski definition) is 5. The van der Waals surface area contributed by atoms with Crippen LogP contribution in [-0.2, 0) is 32.0 Å². The Kier molecular flexibility index (Phi) is 9.33. The molecule has 2 aromatic rings. The molecule has 0 unspecified atom stereocenters. The van der Waals surface area contributed by atoms with E-state index in [0.717, 1.165) is 18.4 Å². The van der Waals surface area contributed by atoms with Crippen molar-refractivity contribution < 1.29 is 19.1 Å². The van der Waals surface area contributed by atoms with Crippen LogP contribution in [0.2, 0.25) is 0 Å². The number of hydrogen-bond donors (Lipinski definition) is 1. The van der Waals surface area contributed by atoms with Crippen molar-refractivity contribution >= 4 is 17.5 Å². The molecule has 1 aliphatic rings. The van der Waals surface area contributed by atoms with Crippen LogP contribution in [-0.4, -0.2) is 40.7 Å². The number of pyridine rings is 1. The predicted octanol–water partition coefficient (Wildman–Crippen LogP) is 4.36. The van der Waals surface area contributed by atoms with E-state index in [9.17, 15) is 14.4 Å². The van der Waals surface area contributed by atoms with Crippen LogP contribution >= 0.6 is 0 Å². The molecule has 1 aromatic carbocycles. The summed E-state index contributed by atoms with van der Waals surface area (Å²) in [6, 6.07) is 13.2. The Morgan fingerprint density at radius 2 is 1.69 bits per heavy atom. The molecule has 1 fully saturated rings. The lowest BCUT2D eigenvalue weighted by atomic mass is 9.87. The zero-order valence-electron chi connectivity index (χ0n) is 21.3. The average Bonchev–Trinajstić information content (AvgIpc) is 3.60. The fourth-order valence-corrected chi connectivity index (χ4v) is 4.31. The van der Waals surface area contributed by atoms with Gasteiger partial charge in [-0.25, -0.2) is 0 Å². The van der Waals surface area contributed by atoms with E-state index in [4.69, 9.17) is 4.74 Å². The van der Waals surface area contributed by atoms with Gasteiger partial charge in [-0.3, -0.25) is 19.4 Å². The SMILES string of the molecule is CC(C)C[C@H](NC(=O)[C@@H](CC(=O)[C@@H](C)CCc1ccccc1)Cc1ccncc1)C(=O)[C@@]1(C)CO1. The second kappa shape index (κ2) is 12.2. The number of ketones is 2. The summed E-state index contributed by atoms with van der Waals surface area (Å²) < 4.78 is 5.36. The first-order valence-electron chi connectivity index (χ1n) is 12.6. The van der Waals surface area contributed by atoms with Gasteiger partial charge in [-0.2, -0.15) is 0 Å². The molecule has 0 spiro atoms. The first-order chi connectivity index (χ1) is 16.7. The lowest BCUT2D eigenvalue weighted by Crippen LogP contribution is -2.49. The predicted molar refractivity (Wildman–Crippen MR) is 136 cm³/mol. The molecule has 188 valence electrons. The van der Waals surface area contributed by atoms with E-state index >= 15 is 0 Å². The van der Waals surface area contributed by atoms with Crippen LogP contribution in [0.4, 0.5) is 0 Å². The molecule has 4 atom stereocenters. The lowest BCUT2D eigenvalue weighted by molar-refractivity contribution is -0.134. The highest BCUT2D eigenvalue weighted by molar-refractivity contribution is 5.97. The standard InChI is InChI=1S/C29H38N2O4/c1-20(2)16-25(27(33)29(4)19-35-29)31-28(34)24(17-23-12-14-30-15-13-23)18-26(32)21(3)10-11-22-8-6-5-7-9-22/h5-9,12-15,20-21,24-25H,10-11,16-19H2,1-4H3,(H,31,34)/t21-,24+,25-,29+/m0/s1. The van der Waals surface area contributed by atoms with E-state index in [1.807, 2.05) is 51.1 Å². The number of rotatable bonds is 14. The van der Waals surface area contributed by atoms with Gasteiger partial charge in [-0.05, 0) is 61.8 Å². The minimum atomic E-state index is -0.810. The maximum Gasteiger partial charge on any atom is 0.224 e. The van der Waals surface area contributed by atoms with Crippen LogP contribution in [0.5, 0.6) is 0 Å². The zero-order valence-corrected chi connectivity index (χ0v) is 21.3. The van der Waals surface area contributed by atoms with Gasteiger partial charge in [0.15, 0.2) is 5.78 Å². The summed E-state index contributed by atoms with van der Waals surface area (Å²) in [5.41, 5.74) is 1.33. The molecule has 1 aliphatic heterocycles. The summed E-state index contributed by atoms with van der Waals surface area (Å²) in [6.07, 6.45) is 6.01. The minimum absolute atomic E-state index is 0.0689. The Morgan fingerprint density at radius 3 is 2.29 bits per heavy atom. The molecule has 3 rings (SSSR count). The first kappa shape index (κ1) is 26.7. The maximum absolute atomic E-state index is 13.5. The molecule has 0 saturated carbocycles. The van der Waals surface area contributed by atoms with Crippen molar-refractivity contribution in [1.82, 2.24) is 10.3 Å². The van der Waals surface area contributed by atoms with Crippen molar-refractivity contribution in [1.29, 1.82) is 0 Å². The molecule has 0 aliphatic carbocycles. The number of amides is 1. The fraction of sp³-hybridized carbons (Fsp3) is 0.517. The van der Waals surface area contributed by atoms with E-state index in [0.29, 0.717) is 19.4 Å². The smallest absolute Gasteiger partial charge is 0.224 e. The number of nitrogens with zero attached hydrogens (tertiary/aromatic N) is 1. The van der Waals surface area contributed by atoms with E-state index in [1.165, 1.54) is 5.56 Å². The molecule has 1 amide bonds. The summed E-state index contributed by atoms with van der Waals surface area (Å²) in [7, 11) is 0. The van der Waals surface area contributed by atoms with Crippen molar-refractivity contribution in [3.8, 4) is 0 Å². The average molecular weight is 479 g/mol. The summed E-state index contributed by atoms with van der Waals surface area (Å²) in [4.78, 5) is 43.7. The van der Waals surface area contributed by atoms with Crippen LogP contribution in [0.3, 0.4) is 0 Å². The number of nitrogens with one attached hydrogen (secondary N) is 1. The summed E-state index contributed by atoms with van der Waals surface area (Å²) in [6.45, 7) is 8.13. The Bertz CT molecular complexity index is 986. The number of carbonyl (C=O) groups is 3. The first-order valence-corrected chi connectivity index (χ1v) is 12.6. The van der Waals surface area contributed by atoms with Gasteiger partial charge in [-0.15, -0.1) is 0 Å². The van der Waals surface area contributed by atoms with Crippen LogP contribution in [0.25, 0.3) is 0 Å². The van der Waals surface area contributed by atoms with Crippen molar-refractivity contribution in [2.75, 3.05) is 6.61 Å². The maximum atomic E-state index is 13.5. The molecule has 6 heteroatoms. The van der Waals surface area contributed by atoms with Gasteiger partial charge < -0.3 is 10.1 Å². The number of aryl methyl sites for hydroxylation is 1. The van der Waals surface area contributed by atoms with Crippen molar-refractivity contribution in [2.45, 2.75) is 71.4 Å². The number of carbonyl (C=O) groups excluding carboxylic acids is 3. The minimum Gasteiger partial charge on any atom is -0.361 e. The zero-order chi connectivity index (χ0) is 25.4. The second-order valence-electron chi connectivity index (χ2n) is 10.4. The fourth-order valence-electron chi connectivity index (χ4n) is 4.31. The van der Waals surface area contributed by atoms with Gasteiger partial charge >= 0.3 is 0 Å². The Labute approximate surface area is 208 Å². The van der Waals surface area contributed by atoms with E-state index in [-0.39, 0.29) is 35.7 Å². The molecule has 1 saturated heterocycles. The summed E-state index contributed by atoms with van der Waals surface area (Å²) in [5, 5.41) is 2.98. The molecule has 0 bridgehead atoms. The quantitative estimate of drug-likeness (QED) is 0.408. The van der Waals surface area contributed by atoms with Crippen molar-refractivity contribution in [3.05, 3.63) is 66.0 Å². The van der Waals surface area contributed by atoms with E-state index in [1.54, 1.807) is 19.3 Å². The van der Waals surface area contributed by atoms with Gasteiger partial charge in [0.2, 0.25) is 5.91 Å². The third kappa shape index (κ3) is 8.10. The highest BCUT2D eigenvalue weighted by atomic mass is 16.6. The number of benzene rings is 1. The summed E-state index contributed by atoms with van der Waals surface area (Å²) >= 11 is 0. The number of epoxide rings is 1. The van der Waals surface area contributed by atoms with Gasteiger partial charge in [0.25, 0.3) is 0 Å². The molecule has 35 heavy (non-hydrogen) atoms. The number of ether oxygens (including phenoxy) is 1. The molecule has 1 aromatic heterocycles. The van der Waals surface area contributed by atoms with Gasteiger partial charge in [-0.1, -0.05) is 51.1 Å². The van der Waals surface area contributed by atoms with Crippen LogP contribution in [0, 0.1) is 17.8 Å².